The SMILES string of the molecule is CSCCCCCNC(C)c1ccco1. The van der Waals surface area contributed by atoms with E-state index in [1.165, 1.54) is 25.0 Å². The molecule has 1 aromatic rings. The number of furan rings is 1. The Morgan fingerprint density at radius 2 is 2.27 bits per heavy atom. The molecule has 1 heterocycles. The van der Waals surface area contributed by atoms with E-state index in [1.54, 1.807) is 6.26 Å². The molecule has 0 fully saturated rings. The van der Waals surface area contributed by atoms with Crippen molar-refractivity contribution in [1.29, 1.82) is 0 Å². The van der Waals surface area contributed by atoms with Crippen molar-refractivity contribution >= 4 is 11.8 Å². The van der Waals surface area contributed by atoms with Gasteiger partial charge in [-0.2, -0.15) is 11.8 Å². The third kappa shape index (κ3) is 5.28. The van der Waals surface area contributed by atoms with Crippen LogP contribution in [0.1, 0.15) is 38.0 Å². The third-order valence-corrected chi connectivity index (χ3v) is 3.14. The van der Waals surface area contributed by atoms with Crippen LogP contribution < -0.4 is 5.32 Å². The van der Waals surface area contributed by atoms with Crippen LogP contribution in [0.25, 0.3) is 0 Å². The summed E-state index contributed by atoms with van der Waals surface area (Å²) in [6.07, 6.45) is 7.80. The number of hydrogen-bond donors (Lipinski definition) is 1. The van der Waals surface area contributed by atoms with Gasteiger partial charge in [-0.3, -0.25) is 0 Å². The fraction of sp³-hybridized carbons (Fsp3) is 0.667. The molecule has 3 heteroatoms. The average Bonchev–Trinajstić information content (AvgIpc) is 2.76. The summed E-state index contributed by atoms with van der Waals surface area (Å²) in [6, 6.07) is 4.29. The summed E-state index contributed by atoms with van der Waals surface area (Å²) in [4.78, 5) is 0. The highest BCUT2D eigenvalue weighted by Gasteiger charge is 2.05. The predicted molar refractivity (Wildman–Crippen MR) is 67.4 cm³/mol. The second-order valence-corrected chi connectivity index (χ2v) is 4.73. The van der Waals surface area contributed by atoms with E-state index >= 15 is 0 Å². The first-order valence-corrected chi connectivity index (χ1v) is 6.99. The molecule has 0 bridgehead atoms. The molecule has 15 heavy (non-hydrogen) atoms. The van der Waals surface area contributed by atoms with Crippen LogP contribution in [-0.4, -0.2) is 18.6 Å². The highest BCUT2D eigenvalue weighted by Crippen LogP contribution is 2.12. The number of thioether (sulfide) groups is 1. The summed E-state index contributed by atoms with van der Waals surface area (Å²) in [5, 5.41) is 3.46. The second-order valence-electron chi connectivity index (χ2n) is 3.74. The number of rotatable bonds is 8. The van der Waals surface area contributed by atoms with Gasteiger partial charge < -0.3 is 9.73 Å². The van der Waals surface area contributed by atoms with Crippen molar-refractivity contribution in [2.45, 2.75) is 32.2 Å². The van der Waals surface area contributed by atoms with Crippen molar-refractivity contribution in [3.63, 3.8) is 0 Å². The zero-order valence-electron chi connectivity index (χ0n) is 9.66. The zero-order valence-corrected chi connectivity index (χ0v) is 10.5. The Kier molecular flexibility index (Phi) is 6.60. The van der Waals surface area contributed by atoms with Crippen molar-refractivity contribution in [2.75, 3.05) is 18.6 Å². The Morgan fingerprint density at radius 1 is 1.40 bits per heavy atom. The van der Waals surface area contributed by atoms with Crippen LogP contribution >= 0.6 is 11.8 Å². The maximum Gasteiger partial charge on any atom is 0.120 e. The van der Waals surface area contributed by atoms with Gasteiger partial charge in [0.05, 0.1) is 12.3 Å². The molecule has 2 nitrogen and oxygen atoms in total. The third-order valence-electron chi connectivity index (χ3n) is 2.45. The van der Waals surface area contributed by atoms with Crippen molar-refractivity contribution < 1.29 is 4.42 Å². The Labute approximate surface area is 96.8 Å². The Balaban J connectivity index is 2.00. The van der Waals surface area contributed by atoms with E-state index in [0.717, 1.165) is 12.3 Å². The first kappa shape index (κ1) is 12.7. The number of nitrogens with one attached hydrogen (secondary N) is 1. The van der Waals surface area contributed by atoms with E-state index in [0.29, 0.717) is 6.04 Å². The van der Waals surface area contributed by atoms with Gasteiger partial charge in [-0.05, 0) is 50.5 Å². The largest absolute Gasteiger partial charge is 0.468 e. The lowest BCUT2D eigenvalue weighted by atomic mass is 10.2. The molecule has 0 radical (unpaired) electrons. The van der Waals surface area contributed by atoms with Crippen LogP contribution in [0.4, 0.5) is 0 Å². The zero-order chi connectivity index (χ0) is 10.9. The maximum absolute atomic E-state index is 5.33. The molecule has 1 N–H and O–H groups in total. The summed E-state index contributed by atoms with van der Waals surface area (Å²) < 4.78 is 5.33. The molecule has 0 saturated heterocycles. The van der Waals surface area contributed by atoms with E-state index in [-0.39, 0.29) is 0 Å². The van der Waals surface area contributed by atoms with Crippen LogP contribution in [0.5, 0.6) is 0 Å². The topological polar surface area (TPSA) is 25.2 Å². The molecular weight excluding hydrogens is 206 g/mol. The van der Waals surface area contributed by atoms with E-state index in [1.807, 2.05) is 23.9 Å². The van der Waals surface area contributed by atoms with Crippen molar-refractivity contribution in [1.82, 2.24) is 5.32 Å². The van der Waals surface area contributed by atoms with Gasteiger partial charge in [-0.25, -0.2) is 0 Å². The summed E-state index contributed by atoms with van der Waals surface area (Å²) >= 11 is 1.93. The first-order chi connectivity index (χ1) is 7.34. The summed E-state index contributed by atoms with van der Waals surface area (Å²) in [7, 11) is 0. The monoisotopic (exact) mass is 227 g/mol. The maximum atomic E-state index is 5.33. The molecule has 0 saturated carbocycles. The van der Waals surface area contributed by atoms with Gasteiger partial charge in [0.2, 0.25) is 0 Å². The lowest BCUT2D eigenvalue weighted by molar-refractivity contribution is 0.427. The Hall–Kier alpha value is -0.410. The molecular formula is C12H21NOS. The lowest BCUT2D eigenvalue weighted by Crippen LogP contribution is -2.19. The van der Waals surface area contributed by atoms with Crippen LogP contribution in [0, 0.1) is 0 Å². The second kappa shape index (κ2) is 7.83. The van der Waals surface area contributed by atoms with E-state index in [9.17, 15) is 0 Å². The molecule has 1 aromatic heterocycles. The molecule has 86 valence electrons. The fourth-order valence-electron chi connectivity index (χ4n) is 1.50. The van der Waals surface area contributed by atoms with Crippen LogP contribution in [0.2, 0.25) is 0 Å². The molecule has 0 aliphatic rings. The van der Waals surface area contributed by atoms with Crippen LogP contribution in [0.3, 0.4) is 0 Å². The van der Waals surface area contributed by atoms with Gasteiger partial charge in [0.25, 0.3) is 0 Å². The van der Waals surface area contributed by atoms with E-state index in [2.05, 4.69) is 18.5 Å². The van der Waals surface area contributed by atoms with Gasteiger partial charge in [0.1, 0.15) is 5.76 Å². The van der Waals surface area contributed by atoms with Crippen LogP contribution in [0.15, 0.2) is 22.8 Å². The Morgan fingerprint density at radius 3 is 2.93 bits per heavy atom. The summed E-state index contributed by atoms with van der Waals surface area (Å²) in [5.41, 5.74) is 0. The molecule has 1 atom stereocenters. The average molecular weight is 227 g/mol. The normalized spacial score (nSPS) is 12.9. The van der Waals surface area contributed by atoms with E-state index in [4.69, 9.17) is 4.42 Å². The molecule has 1 rings (SSSR count). The summed E-state index contributed by atoms with van der Waals surface area (Å²) in [5.74, 6) is 2.31. The smallest absolute Gasteiger partial charge is 0.120 e. The van der Waals surface area contributed by atoms with Crippen molar-refractivity contribution in [2.24, 2.45) is 0 Å². The predicted octanol–water partition coefficient (Wildman–Crippen LogP) is 3.46. The minimum Gasteiger partial charge on any atom is -0.468 e. The Bertz CT molecular complexity index is 236. The molecule has 0 amide bonds. The quantitative estimate of drug-likeness (QED) is 0.688. The molecule has 0 spiro atoms. The first-order valence-electron chi connectivity index (χ1n) is 5.60. The van der Waals surface area contributed by atoms with Gasteiger partial charge in [-0.15, -0.1) is 0 Å². The van der Waals surface area contributed by atoms with Crippen molar-refractivity contribution in [3.8, 4) is 0 Å². The van der Waals surface area contributed by atoms with Gasteiger partial charge in [-0.1, -0.05) is 6.42 Å². The van der Waals surface area contributed by atoms with Gasteiger partial charge in [0.15, 0.2) is 0 Å². The standard InChI is InChI=1S/C12H21NOS/c1-11(12-7-6-9-14-12)13-8-4-3-5-10-15-2/h6-7,9,11,13H,3-5,8,10H2,1-2H3. The minimum atomic E-state index is 0.334. The lowest BCUT2D eigenvalue weighted by Gasteiger charge is -2.10. The van der Waals surface area contributed by atoms with E-state index < -0.39 is 0 Å². The van der Waals surface area contributed by atoms with Crippen molar-refractivity contribution in [3.05, 3.63) is 24.2 Å². The highest BCUT2D eigenvalue weighted by molar-refractivity contribution is 7.98. The molecule has 0 aliphatic heterocycles. The fourth-order valence-corrected chi connectivity index (χ4v) is 2.00. The number of unbranched alkanes of at least 4 members (excludes halogenated alkanes) is 2. The van der Waals surface area contributed by atoms with Crippen LogP contribution in [-0.2, 0) is 0 Å². The molecule has 0 aromatic carbocycles. The van der Waals surface area contributed by atoms with Gasteiger partial charge >= 0.3 is 0 Å². The minimum absolute atomic E-state index is 0.334. The molecule has 0 aliphatic carbocycles. The molecule has 1 unspecified atom stereocenters. The van der Waals surface area contributed by atoms with Gasteiger partial charge in [0, 0.05) is 0 Å². The highest BCUT2D eigenvalue weighted by atomic mass is 32.2. The summed E-state index contributed by atoms with van der Waals surface area (Å²) in [6.45, 7) is 3.22. The number of hydrogen-bond acceptors (Lipinski definition) is 3.